The van der Waals surface area contributed by atoms with Gasteiger partial charge in [-0.2, -0.15) is 0 Å². The van der Waals surface area contributed by atoms with Crippen molar-refractivity contribution >= 4 is 62.7 Å². The second-order valence-corrected chi connectivity index (χ2v) is 13.1. The van der Waals surface area contributed by atoms with Crippen LogP contribution in [0.15, 0.2) is 54.6 Å². The van der Waals surface area contributed by atoms with Gasteiger partial charge in [0.2, 0.25) is 5.75 Å². The summed E-state index contributed by atoms with van der Waals surface area (Å²) in [5, 5.41) is 18.3. The minimum absolute atomic E-state index is 0.0305. The lowest BCUT2D eigenvalue weighted by atomic mass is 10.2. The monoisotopic (exact) mass is 764 g/mol. The minimum Gasteiger partial charge on any atom is -0.487 e. The van der Waals surface area contributed by atoms with Crippen molar-refractivity contribution in [1.29, 1.82) is 0 Å². The second kappa shape index (κ2) is 16.5. The highest BCUT2D eigenvalue weighted by Crippen LogP contribution is 2.39. The predicted molar refractivity (Wildman–Crippen MR) is 169 cm³/mol. The van der Waals surface area contributed by atoms with Crippen molar-refractivity contribution in [3.05, 3.63) is 92.2 Å². The molecule has 11 nitrogen and oxygen atoms in total. The van der Waals surface area contributed by atoms with Crippen LogP contribution in [0.5, 0.6) is 17.2 Å². The molecule has 0 atom stereocenters. The van der Waals surface area contributed by atoms with Crippen LogP contribution in [0.1, 0.15) is 21.5 Å². The van der Waals surface area contributed by atoms with E-state index in [-0.39, 0.29) is 52.6 Å². The normalized spacial score (nSPS) is 11.3. The van der Waals surface area contributed by atoms with Gasteiger partial charge in [0.15, 0.2) is 0 Å². The lowest BCUT2D eigenvalue weighted by Crippen LogP contribution is -2.27. The van der Waals surface area contributed by atoms with E-state index < -0.39 is 18.4 Å². The van der Waals surface area contributed by atoms with E-state index in [1.54, 1.807) is 26.2 Å². The van der Waals surface area contributed by atoms with Crippen LogP contribution in [-0.4, -0.2) is 53.6 Å². The van der Waals surface area contributed by atoms with Gasteiger partial charge < -0.3 is 18.9 Å². The van der Waals surface area contributed by atoms with Crippen LogP contribution in [0.25, 0.3) is 0 Å². The number of amides is 1. The van der Waals surface area contributed by atoms with E-state index in [0.29, 0.717) is 34.9 Å². The minimum atomic E-state index is -3.45. The quantitative estimate of drug-likeness (QED) is 0.0681. The molecule has 3 aromatic carbocycles. The number of nitrogens with zero attached hydrogens (tertiary/aromatic N) is 2. The lowest BCUT2D eigenvalue weighted by molar-refractivity contribution is -0.385. The van der Waals surface area contributed by atoms with Crippen molar-refractivity contribution in [2.45, 2.75) is 13.2 Å². The highest BCUT2D eigenvalue weighted by Gasteiger charge is 2.23. The number of hydrogen-bond donors (Lipinski definition) is 2. The van der Waals surface area contributed by atoms with Gasteiger partial charge in [0.05, 0.1) is 16.6 Å². The van der Waals surface area contributed by atoms with E-state index in [1.165, 1.54) is 41.3 Å². The Morgan fingerprint density at radius 1 is 1.02 bits per heavy atom. The summed E-state index contributed by atoms with van der Waals surface area (Å²) in [7, 11) is -0.190. The molecule has 0 saturated carbocycles. The Bertz CT molecular complexity index is 1470. The van der Waals surface area contributed by atoms with Gasteiger partial charge >= 0.3 is 13.4 Å². The maximum atomic E-state index is 14.9. The average Bonchev–Trinajstić information content (AvgIpc) is 2.98. The second-order valence-electron chi connectivity index (χ2n) is 9.07. The predicted octanol–water partition coefficient (Wildman–Crippen LogP) is 7.05. The summed E-state index contributed by atoms with van der Waals surface area (Å²) < 4.78 is 44.9. The highest BCUT2D eigenvalue weighted by molar-refractivity contribution is 9.09. The topological polar surface area (TPSA) is 132 Å². The van der Waals surface area contributed by atoms with E-state index >= 15 is 0 Å². The Morgan fingerprint density at radius 3 is 2.26 bits per heavy atom. The van der Waals surface area contributed by atoms with Gasteiger partial charge in [0.25, 0.3) is 5.91 Å². The Hall–Kier alpha value is -2.58. The first kappa shape index (κ1) is 34.9. The number of alkyl halides is 2. The number of nitrogens with one attached hydrogen (secondary N) is 2. The Morgan fingerprint density at radius 2 is 1.67 bits per heavy atom. The molecule has 0 spiro atoms. The first-order chi connectivity index (χ1) is 20.5. The fourth-order valence-corrected chi connectivity index (χ4v) is 6.25. The third kappa shape index (κ3) is 10.2. The molecule has 0 aliphatic rings. The molecule has 0 aliphatic heterocycles. The van der Waals surface area contributed by atoms with E-state index in [9.17, 15) is 23.9 Å². The summed E-state index contributed by atoms with van der Waals surface area (Å²) in [6.07, 6.45) is 0. The van der Waals surface area contributed by atoms with Crippen LogP contribution in [0.4, 0.5) is 10.1 Å². The zero-order chi connectivity index (χ0) is 31.6. The van der Waals surface area contributed by atoms with Crippen molar-refractivity contribution in [1.82, 2.24) is 15.1 Å². The molecule has 232 valence electrons. The number of carbonyl (C=O) groups excluding carboxylic acids is 1. The number of halogens is 4. The van der Waals surface area contributed by atoms with Gasteiger partial charge in [0.1, 0.15) is 23.9 Å². The molecule has 0 radical (unpaired) electrons. The Kier molecular flexibility index (Phi) is 13.4. The lowest BCUT2D eigenvalue weighted by Gasteiger charge is -2.20. The smallest absolute Gasteiger partial charge is 0.341 e. The summed E-state index contributed by atoms with van der Waals surface area (Å²) in [6, 6.07) is 12.8. The number of nitro benzene ring substituents is 1. The van der Waals surface area contributed by atoms with Crippen LogP contribution in [0.2, 0.25) is 5.02 Å². The number of hydrogen-bond acceptors (Lipinski definition) is 7. The van der Waals surface area contributed by atoms with Gasteiger partial charge in [-0.15, -0.1) is 0 Å². The molecular formula is C27H29Br2ClFN4O7P. The third-order valence-electron chi connectivity index (χ3n) is 5.68. The van der Waals surface area contributed by atoms with Crippen molar-refractivity contribution in [3.63, 3.8) is 0 Å². The van der Waals surface area contributed by atoms with Crippen LogP contribution in [0.3, 0.4) is 0 Å². The maximum Gasteiger partial charge on any atom is 0.341 e. The van der Waals surface area contributed by atoms with Gasteiger partial charge in [-0.05, 0) is 48.0 Å². The molecule has 0 saturated heterocycles. The molecule has 0 fully saturated rings. The van der Waals surface area contributed by atoms with Gasteiger partial charge in [-0.3, -0.25) is 19.5 Å². The number of ether oxygens (including phenoxy) is 2. The van der Waals surface area contributed by atoms with Gasteiger partial charge in [-0.1, -0.05) is 43.5 Å². The van der Waals surface area contributed by atoms with Crippen molar-refractivity contribution in [3.8, 4) is 17.2 Å². The highest BCUT2D eigenvalue weighted by atomic mass is 79.9. The summed E-state index contributed by atoms with van der Waals surface area (Å²) in [6.45, 7) is 0.298. The zero-order valence-corrected chi connectivity index (χ0v) is 28.0. The molecule has 3 aromatic rings. The van der Waals surface area contributed by atoms with Gasteiger partial charge in [0, 0.05) is 61.1 Å². The molecule has 3 rings (SSSR count). The first-order valence-electron chi connectivity index (χ1n) is 12.7. The fraction of sp³-hybridized carbons (Fsp3) is 0.296. The number of carbonyl (C=O) groups is 1. The van der Waals surface area contributed by atoms with E-state index in [4.69, 9.17) is 25.6 Å². The van der Waals surface area contributed by atoms with Crippen molar-refractivity contribution < 1.29 is 32.7 Å². The molecule has 0 unspecified atom stereocenters. The Labute approximate surface area is 270 Å². The summed E-state index contributed by atoms with van der Waals surface area (Å²) >= 11 is 12.8. The zero-order valence-electron chi connectivity index (χ0n) is 23.2. The molecule has 0 aromatic heterocycles. The number of rotatable bonds is 16. The summed E-state index contributed by atoms with van der Waals surface area (Å²) in [5.74, 6) is -0.613. The van der Waals surface area contributed by atoms with E-state index in [1.807, 2.05) is 0 Å². The van der Waals surface area contributed by atoms with Crippen molar-refractivity contribution in [2.75, 3.05) is 37.8 Å². The molecule has 43 heavy (non-hydrogen) atoms. The van der Waals surface area contributed by atoms with Crippen LogP contribution < -0.4 is 19.6 Å². The number of benzene rings is 3. The molecular weight excluding hydrogens is 738 g/mol. The SMILES string of the molecule is CN(C)C(=O)c1ccc(Oc2cc(COc3cc(F)c(COP(=O)(NCCBr)NCCBr)cc3Cl)ccc2[N+](=O)[O-])cc1. The third-order valence-corrected chi connectivity index (χ3v) is 8.54. The van der Waals surface area contributed by atoms with Crippen LogP contribution in [0, 0.1) is 15.9 Å². The summed E-state index contributed by atoms with van der Waals surface area (Å²) in [5.41, 5.74) is 0.713. The standard InChI is InChI=1S/C27H29Br2ClFN4O7P/c1-34(2)27(36)19-4-6-21(7-5-19)42-26-13-18(3-8-24(26)35(37)38)16-40-25-15-23(31)20(14-22(25)30)17-41-43(39,32-11-9-28)33-12-10-29/h3-8,13-15H,9-12,16-17H2,1-2H3,(H2,32,33,39). The fourth-order valence-electron chi connectivity index (χ4n) is 3.57. The summed E-state index contributed by atoms with van der Waals surface area (Å²) in [4.78, 5) is 24.6. The first-order valence-corrected chi connectivity index (χ1v) is 16.9. The Balaban J connectivity index is 1.72. The average molecular weight is 767 g/mol. The largest absolute Gasteiger partial charge is 0.487 e. The molecule has 0 heterocycles. The van der Waals surface area contributed by atoms with E-state index in [2.05, 4.69) is 42.0 Å². The number of nitro groups is 1. The van der Waals surface area contributed by atoms with E-state index in [0.717, 1.165) is 6.07 Å². The molecule has 0 aliphatic carbocycles. The molecule has 1 amide bonds. The van der Waals surface area contributed by atoms with Crippen LogP contribution >= 0.6 is 51.1 Å². The van der Waals surface area contributed by atoms with Gasteiger partial charge in [-0.25, -0.2) is 14.6 Å². The molecule has 0 bridgehead atoms. The van der Waals surface area contributed by atoms with Crippen LogP contribution in [-0.2, 0) is 22.3 Å². The molecule has 16 heteroatoms. The molecule has 2 N–H and O–H groups in total. The maximum absolute atomic E-state index is 14.9. The van der Waals surface area contributed by atoms with Crippen molar-refractivity contribution in [2.24, 2.45) is 0 Å².